The summed E-state index contributed by atoms with van der Waals surface area (Å²) < 4.78 is 0. The van der Waals surface area contributed by atoms with Crippen LogP contribution in [0.2, 0.25) is 0 Å². The lowest BCUT2D eigenvalue weighted by Gasteiger charge is -2.28. The zero-order chi connectivity index (χ0) is 17.9. The van der Waals surface area contributed by atoms with Gasteiger partial charge in [0, 0.05) is 18.2 Å². The van der Waals surface area contributed by atoms with Gasteiger partial charge in [0.1, 0.15) is 5.69 Å². The molecule has 1 fully saturated rings. The van der Waals surface area contributed by atoms with Gasteiger partial charge >= 0.3 is 0 Å². The number of carbonyl (C=O) groups is 3. The van der Waals surface area contributed by atoms with Gasteiger partial charge in [0.2, 0.25) is 11.8 Å². The third-order valence-corrected chi connectivity index (χ3v) is 4.66. The Morgan fingerprint density at radius 1 is 1.46 bits per heavy atom. The fraction of sp³-hybridized carbons (Fsp3) is 0.357. The number of nitro groups is 1. The predicted octanol–water partition coefficient (Wildman–Crippen LogP) is -0.418. The highest BCUT2D eigenvalue weighted by atomic mass is 32.2. The number of hydrogen-bond acceptors (Lipinski definition) is 7. The number of nitro benzene ring substituents is 1. The molecule has 128 valence electrons. The first-order valence-corrected chi connectivity index (χ1v) is 8.00. The van der Waals surface area contributed by atoms with Gasteiger partial charge in [-0.2, -0.15) is 0 Å². The maximum atomic E-state index is 12.0. The SMILES string of the molecule is Cc1ccc(NC(=O)C[C@H]2SC[C@@H](C(=O)[O-])NC2=O)c([N+](=O)[O-])c1. The average molecular weight is 352 g/mol. The van der Waals surface area contributed by atoms with Crippen LogP contribution in [-0.4, -0.2) is 39.8 Å². The first kappa shape index (κ1) is 17.7. The van der Waals surface area contributed by atoms with Crippen molar-refractivity contribution in [2.24, 2.45) is 0 Å². The Morgan fingerprint density at radius 3 is 2.75 bits per heavy atom. The molecule has 10 heteroatoms. The molecule has 2 rings (SSSR count). The summed E-state index contributed by atoms with van der Waals surface area (Å²) in [6.45, 7) is 1.69. The molecule has 1 heterocycles. The maximum absolute atomic E-state index is 12.0. The third kappa shape index (κ3) is 4.22. The van der Waals surface area contributed by atoms with Crippen LogP contribution in [0.4, 0.5) is 11.4 Å². The number of rotatable bonds is 5. The first-order valence-electron chi connectivity index (χ1n) is 6.95. The summed E-state index contributed by atoms with van der Waals surface area (Å²) in [4.78, 5) is 45.0. The molecule has 9 nitrogen and oxygen atoms in total. The lowest BCUT2D eigenvalue weighted by Crippen LogP contribution is -2.55. The van der Waals surface area contributed by atoms with Gasteiger partial charge in [-0.1, -0.05) is 6.07 Å². The van der Waals surface area contributed by atoms with Gasteiger partial charge < -0.3 is 20.5 Å². The van der Waals surface area contributed by atoms with Crippen molar-refractivity contribution in [3.05, 3.63) is 33.9 Å². The van der Waals surface area contributed by atoms with E-state index in [0.717, 1.165) is 11.8 Å². The van der Waals surface area contributed by atoms with Crippen molar-refractivity contribution in [3.8, 4) is 0 Å². The van der Waals surface area contributed by atoms with Crippen LogP contribution in [0.15, 0.2) is 18.2 Å². The van der Waals surface area contributed by atoms with Crippen LogP contribution in [0.3, 0.4) is 0 Å². The van der Waals surface area contributed by atoms with Crippen LogP contribution in [-0.2, 0) is 14.4 Å². The van der Waals surface area contributed by atoms with Crippen molar-refractivity contribution < 1.29 is 24.4 Å². The molecular weight excluding hydrogens is 338 g/mol. The molecule has 0 unspecified atom stereocenters. The van der Waals surface area contributed by atoms with Crippen molar-refractivity contribution in [3.63, 3.8) is 0 Å². The topological polar surface area (TPSA) is 141 Å². The monoisotopic (exact) mass is 352 g/mol. The second-order valence-corrected chi connectivity index (χ2v) is 6.47. The molecule has 0 aromatic heterocycles. The summed E-state index contributed by atoms with van der Waals surface area (Å²) in [6, 6.07) is 3.29. The number of aliphatic carboxylic acids is 1. The molecule has 0 radical (unpaired) electrons. The zero-order valence-corrected chi connectivity index (χ0v) is 13.4. The van der Waals surface area contributed by atoms with Crippen molar-refractivity contribution in [2.45, 2.75) is 24.6 Å². The molecule has 2 atom stereocenters. The Kier molecular flexibility index (Phi) is 5.39. The molecule has 24 heavy (non-hydrogen) atoms. The molecule has 0 aliphatic carbocycles. The van der Waals surface area contributed by atoms with Crippen molar-refractivity contribution in [2.75, 3.05) is 11.1 Å². The second-order valence-electron chi connectivity index (χ2n) is 5.23. The summed E-state index contributed by atoms with van der Waals surface area (Å²) in [5, 5.41) is 25.7. The highest BCUT2D eigenvalue weighted by molar-refractivity contribution is 8.00. The van der Waals surface area contributed by atoms with E-state index in [9.17, 15) is 29.6 Å². The van der Waals surface area contributed by atoms with E-state index in [-0.39, 0.29) is 23.5 Å². The molecule has 1 aliphatic heterocycles. The first-order chi connectivity index (χ1) is 11.3. The fourth-order valence-electron chi connectivity index (χ4n) is 2.14. The average Bonchev–Trinajstić information content (AvgIpc) is 2.50. The van der Waals surface area contributed by atoms with Gasteiger partial charge in [0.15, 0.2) is 0 Å². The smallest absolute Gasteiger partial charge is 0.293 e. The van der Waals surface area contributed by atoms with E-state index in [2.05, 4.69) is 10.6 Å². The molecule has 1 aromatic carbocycles. The summed E-state index contributed by atoms with van der Waals surface area (Å²) in [5.74, 6) is -2.43. The van der Waals surface area contributed by atoms with E-state index in [1.54, 1.807) is 13.0 Å². The molecule has 1 saturated heterocycles. The molecule has 0 saturated carbocycles. The highest BCUT2D eigenvalue weighted by Gasteiger charge is 2.31. The van der Waals surface area contributed by atoms with E-state index >= 15 is 0 Å². The minimum atomic E-state index is -1.38. The molecule has 1 aromatic rings. The molecule has 2 N–H and O–H groups in total. The number of carboxylic acids is 1. The number of anilines is 1. The largest absolute Gasteiger partial charge is 0.548 e. The normalized spacial score (nSPS) is 20.1. The predicted molar refractivity (Wildman–Crippen MR) is 84.3 cm³/mol. The van der Waals surface area contributed by atoms with Crippen molar-refractivity contribution in [1.29, 1.82) is 0 Å². The Balaban J connectivity index is 2.01. The van der Waals surface area contributed by atoms with E-state index in [1.807, 2.05) is 0 Å². The van der Waals surface area contributed by atoms with Gasteiger partial charge in [-0.05, 0) is 18.6 Å². The second kappa shape index (κ2) is 7.30. The van der Waals surface area contributed by atoms with Crippen LogP contribution in [0, 0.1) is 17.0 Å². The van der Waals surface area contributed by atoms with Crippen molar-refractivity contribution in [1.82, 2.24) is 5.32 Å². The quantitative estimate of drug-likeness (QED) is 0.541. The number of nitrogens with one attached hydrogen (secondary N) is 2. The van der Waals surface area contributed by atoms with Gasteiger partial charge in [0.25, 0.3) is 5.69 Å². The Labute approximate surface area is 140 Å². The number of thioether (sulfide) groups is 1. The number of benzene rings is 1. The number of carbonyl (C=O) groups excluding carboxylic acids is 3. The Bertz CT molecular complexity index is 708. The Hall–Kier alpha value is -2.62. The van der Waals surface area contributed by atoms with E-state index in [0.29, 0.717) is 5.56 Å². The summed E-state index contributed by atoms with van der Waals surface area (Å²) >= 11 is 1.03. The lowest BCUT2D eigenvalue weighted by molar-refractivity contribution is -0.384. The van der Waals surface area contributed by atoms with Crippen LogP contribution in [0.1, 0.15) is 12.0 Å². The molecule has 2 amide bonds. The Morgan fingerprint density at radius 2 is 2.17 bits per heavy atom. The van der Waals surface area contributed by atoms with Crippen LogP contribution in [0.25, 0.3) is 0 Å². The van der Waals surface area contributed by atoms with Crippen LogP contribution >= 0.6 is 11.8 Å². The highest BCUT2D eigenvalue weighted by Crippen LogP contribution is 2.26. The van der Waals surface area contributed by atoms with Crippen LogP contribution < -0.4 is 15.7 Å². The zero-order valence-electron chi connectivity index (χ0n) is 12.6. The standard InChI is InChI=1S/C14H15N3O6S/c1-7-2-3-8(10(4-7)17(22)23)15-12(18)5-11-13(19)16-9(6-24-11)14(20)21/h2-4,9,11H,5-6H2,1H3,(H,15,18)(H,16,19)(H,20,21)/p-1/t9-,11+/m0/s1. The third-order valence-electron chi connectivity index (χ3n) is 3.35. The van der Waals surface area contributed by atoms with Gasteiger partial charge in [-0.15, -0.1) is 11.8 Å². The van der Waals surface area contributed by atoms with Crippen LogP contribution in [0.5, 0.6) is 0 Å². The summed E-state index contributed by atoms with van der Waals surface area (Å²) in [7, 11) is 0. The molecule has 0 bridgehead atoms. The van der Waals surface area contributed by atoms with E-state index in [1.165, 1.54) is 12.1 Å². The number of carboxylic acid groups (broad SMARTS) is 1. The lowest BCUT2D eigenvalue weighted by atomic mass is 10.2. The maximum Gasteiger partial charge on any atom is 0.293 e. The molecule has 0 spiro atoms. The van der Waals surface area contributed by atoms with Gasteiger partial charge in [-0.3, -0.25) is 19.7 Å². The van der Waals surface area contributed by atoms with Crippen molar-refractivity contribution >= 4 is 40.9 Å². The minimum absolute atomic E-state index is 0.0458. The number of amides is 2. The number of hydrogen-bond donors (Lipinski definition) is 2. The van der Waals surface area contributed by atoms with Gasteiger partial charge in [0.05, 0.1) is 22.2 Å². The summed E-state index contributed by atoms with van der Waals surface area (Å²) in [6.07, 6.45) is -0.221. The summed E-state index contributed by atoms with van der Waals surface area (Å²) in [5.41, 5.74) is 0.487. The van der Waals surface area contributed by atoms with Gasteiger partial charge in [-0.25, -0.2) is 0 Å². The minimum Gasteiger partial charge on any atom is -0.548 e. The molecule has 1 aliphatic rings. The fourth-order valence-corrected chi connectivity index (χ4v) is 3.27. The number of nitrogens with zero attached hydrogens (tertiary/aromatic N) is 1. The van der Waals surface area contributed by atoms with E-state index in [4.69, 9.17) is 0 Å². The number of aryl methyl sites for hydroxylation is 1. The molecular formula is C14H14N3O6S-. The van der Waals surface area contributed by atoms with E-state index < -0.39 is 34.0 Å².